The Hall–Kier alpha value is -3.42. The van der Waals surface area contributed by atoms with E-state index < -0.39 is 23.7 Å². The number of carbonyl (C=O) groups excluding carboxylic acids is 3. The number of furan rings is 1. The van der Waals surface area contributed by atoms with E-state index in [1.807, 2.05) is 0 Å². The Labute approximate surface area is 154 Å². The summed E-state index contributed by atoms with van der Waals surface area (Å²) >= 11 is 0. The van der Waals surface area contributed by atoms with E-state index in [1.165, 1.54) is 18.2 Å². The first-order valence-corrected chi connectivity index (χ1v) is 8.55. The third-order valence-corrected chi connectivity index (χ3v) is 4.50. The number of benzene rings is 1. The summed E-state index contributed by atoms with van der Waals surface area (Å²) in [6.45, 7) is 1.80. The number of barbiturate groups is 1. The van der Waals surface area contributed by atoms with Gasteiger partial charge in [-0.1, -0.05) is 0 Å². The molecule has 2 aliphatic rings. The normalized spacial score (nSPS) is 19.1. The Bertz CT molecular complexity index is 942. The van der Waals surface area contributed by atoms with E-state index in [2.05, 4.69) is 10.2 Å². The molecular weight excluding hydrogens is 353 g/mol. The highest BCUT2D eigenvalue weighted by Crippen LogP contribution is 2.26. The Kier molecular flexibility index (Phi) is 4.23. The van der Waals surface area contributed by atoms with Crippen molar-refractivity contribution in [3.8, 4) is 0 Å². The van der Waals surface area contributed by atoms with Crippen LogP contribution in [-0.4, -0.2) is 30.9 Å². The van der Waals surface area contributed by atoms with Crippen molar-refractivity contribution in [1.82, 2.24) is 5.32 Å². The number of halogens is 1. The average molecular weight is 369 g/mol. The Morgan fingerprint density at radius 3 is 2.41 bits per heavy atom. The fraction of sp³-hybridized carbons (Fsp3) is 0.211. The molecule has 4 rings (SSSR count). The third-order valence-electron chi connectivity index (χ3n) is 4.50. The summed E-state index contributed by atoms with van der Waals surface area (Å²) in [7, 11) is 0. The minimum atomic E-state index is -0.883. The van der Waals surface area contributed by atoms with Crippen LogP contribution in [0, 0.1) is 5.82 Å². The Morgan fingerprint density at radius 1 is 1.00 bits per heavy atom. The molecule has 1 aromatic heterocycles. The number of rotatable bonds is 3. The molecule has 0 radical (unpaired) electrons. The zero-order valence-electron chi connectivity index (χ0n) is 14.3. The van der Waals surface area contributed by atoms with Gasteiger partial charge in [0.1, 0.15) is 17.2 Å². The molecule has 2 aromatic rings. The molecule has 0 unspecified atom stereocenters. The number of hydrogen-bond donors (Lipinski definition) is 1. The lowest BCUT2D eigenvalue weighted by Gasteiger charge is -2.26. The minimum absolute atomic E-state index is 0.162. The molecule has 0 atom stereocenters. The summed E-state index contributed by atoms with van der Waals surface area (Å²) in [6.07, 6.45) is 3.49. The van der Waals surface area contributed by atoms with Crippen LogP contribution in [0.2, 0.25) is 0 Å². The molecule has 0 bridgehead atoms. The van der Waals surface area contributed by atoms with E-state index in [-0.39, 0.29) is 11.3 Å². The molecule has 2 aliphatic heterocycles. The predicted molar refractivity (Wildman–Crippen MR) is 95.6 cm³/mol. The summed E-state index contributed by atoms with van der Waals surface area (Å²) in [6, 6.07) is 7.41. The highest BCUT2D eigenvalue weighted by Gasteiger charge is 2.37. The Morgan fingerprint density at radius 2 is 1.70 bits per heavy atom. The van der Waals surface area contributed by atoms with Gasteiger partial charge in [0.2, 0.25) is 0 Å². The van der Waals surface area contributed by atoms with Crippen LogP contribution in [-0.2, 0) is 9.59 Å². The van der Waals surface area contributed by atoms with Crippen LogP contribution in [0.3, 0.4) is 0 Å². The molecule has 138 valence electrons. The van der Waals surface area contributed by atoms with Crippen molar-refractivity contribution >= 4 is 35.5 Å². The number of nitrogens with zero attached hydrogens (tertiary/aromatic N) is 2. The van der Waals surface area contributed by atoms with Gasteiger partial charge < -0.3 is 9.32 Å². The fourth-order valence-corrected chi connectivity index (χ4v) is 3.15. The van der Waals surface area contributed by atoms with Crippen molar-refractivity contribution in [2.45, 2.75) is 12.8 Å². The molecule has 8 heteroatoms. The highest BCUT2D eigenvalue weighted by atomic mass is 19.1. The summed E-state index contributed by atoms with van der Waals surface area (Å²) in [5.41, 5.74) is -0.0734. The second-order valence-corrected chi connectivity index (χ2v) is 6.30. The molecule has 0 aliphatic carbocycles. The van der Waals surface area contributed by atoms with Gasteiger partial charge in [0, 0.05) is 19.2 Å². The van der Waals surface area contributed by atoms with Gasteiger partial charge in [-0.2, -0.15) is 0 Å². The maximum Gasteiger partial charge on any atom is 0.335 e. The van der Waals surface area contributed by atoms with E-state index in [4.69, 9.17) is 4.42 Å². The van der Waals surface area contributed by atoms with Crippen molar-refractivity contribution < 1.29 is 23.2 Å². The second-order valence-electron chi connectivity index (χ2n) is 6.30. The van der Waals surface area contributed by atoms with Crippen molar-refractivity contribution in [2.75, 3.05) is 22.9 Å². The molecule has 1 aromatic carbocycles. The molecular formula is C19H16FN3O4. The molecule has 27 heavy (non-hydrogen) atoms. The molecule has 4 amide bonds. The molecule has 2 fully saturated rings. The lowest BCUT2D eigenvalue weighted by atomic mass is 10.1. The van der Waals surface area contributed by atoms with Gasteiger partial charge in [0.25, 0.3) is 11.8 Å². The van der Waals surface area contributed by atoms with Crippen molar-refractivity contribution in [2.24, 2.45) is 0 Å². The van der Waals surface area contributed by atoms with E-state index in [0.29, 0.717) is 11.6 Å². The Balaban J connectivity index is 1.64. The largest absolute Gasteiger partial charge is 0.441 e. The van der Waals surface area contributed by atoms with Crippen LogP contribution in [0.15, 0.2) is 46.4 Å². The minimum Gasteiger partial charge on any atom is -0.441 e. The number of nitrogens with one attached hydrogen (secondary N) is 1. The van der Waals surface area contributed by atoms with Crippen LogP contribution in [0.5, 0.6) is 0 Å². The first-order chi connectivity index (χ1) is 13.0. The number of imide groups is 2. The molecule has 1 N–H and O–H groups in total. The van der Waals surface area contributed by atoms with Crippen LogP contribution < -0.4 is 15.1 Å². The molecule has 2 saturated heterocycles. The topological polar surface area (TPSA) is 82.9 Å². The van der Waals surface area contributed by atoms with Crippen LogP contribution in [0.25, 0.3) is 6.08 Å². The smallest absolute Gasteiger partial charge is 0.335 e. The number of urea groups is 1. The first-order valence-electron chi connectivity index (χ1n) is 8.55. The summed E-state index contributed by atoms with van der Waals surface area (Å²) in [5, 5.41) is 2.12. The number of carbonyl (C=O) groups is 3. The van der Waals surface area contributed by atoms with Gasteiger partial charge in [-0.3, -0.25) is 14.9 Å². The zero-order valence-corrected chi connectivity index (χ0v) is 14.3. The van der Waals surface area contributed by atoms with Crippen LogP contribution >= 0.6 is 0 Å². The number of hydrogen-bond acceptors (Lipinski definition) is 5. The monoisotopic (exact) mass is 369 g/mol. The fourth-order valence-electron chi connectivity index (χ4n) is 3.15. The van der Waals surface area contributed by atoms with E-state index in [0.717, 1.165) is 43.0 Å². The van der Waals surface area contributed by atoms with Gasteiger partial charge in [0.15, 0.2) is 5.88 Å². The second kappa shape index (κ2) is 6.71. The van der Waals surface area contributed by atoms with Crippen molar-refractivity contribution in [3.63, 3.8) is 0 Å². The van der Waals surface area contributed by atoms with Gasteiger partial charge in [-0.05, 0) is 49.2 Å². The standard InChI is InChI=1S/C19H16FN3O4/c20-12-3-5-13(6-4-12)23-18(25)15(17(24)21-19(23)26)11-14-7-8-16(27-14)22-9-1-2-10-22/h3-8,11H,1-2,9-10H2,(H,21,24,26)/b15-11-. The van der Waals surface area contributed by atoms with E-state index in [1.54, 1.807) is 12.1 Å². The summed E-state index contributed by atoms with van der Waals surface area (Å²) in [5.74, 6) is -1.09. The van der Waals surface area contributed by atoms with Crippen LogP contribution in [0.4, 0.5) is 20.8 Å². The molecule has 0 saturated carbocycles. The molecule has 3 heterocycles. The average Bonchev–Trinajstić information content (AvgIpc) is 3.31. The first kappa shape index (κ1) is 17.0. The van der Waals surface area contributed by atoms with Gasteiger partial charge in [0.05, 0.1) is 5.69 Å². The SMILES string of the molecule is O=C1NC(=O)N(c2ccc(F)cc2)C(=O)/C1=C\c1ccc(N2CCCC2)o1. The van der Waals surface area contributed by atoms with Crippen molar-refractivity contribution in [1.29, 1.82) is 0 Å². The third kappa shape index (κ3) is 3.21. The lowest BCUT2D eigenvalue weighted by molar-refractivity contribution is -0.122. The van der Waals surface area contributed by atoms with Gasteiger partial charge >= 0.3 is 6.03 Å². The van der Waals surface area contributed by atoms with E-state index in [9.17, 15) is 18.8 Å². The van der Waals surface area contributed by atoms with E-state index >= 15 is 0 Å². The summed E-state index contributed by atoms with van der Waals surface area (Å²) < 4.78 is 18.8. The number of amides is 4. The highest BCUT2D eigenvalue weighted by molar-refractivity contribution is 6.39. The van der Waals surface area contributed by atoms with Crippen molar-refractivity contribution in [3.05, 3.63) is 53.5 Å². The molecule has 7 nitrogen and oxygen atoms in total. The summed E-state index contributed by atoms with van der Waals surface area (Å²) in [4.78, 5) is 39.9. The predicted octanol–water partition coefficient (Wildman–Crippen LogP) is 2.69. The quantitative estimate of drug-likeness (QED) is 0.664. The number of anilines is 2. The maximum absolute atomic E-state index is 13.1. The van der Waals surface area contributed by atoms with Gasteiger partial charge in [-0.15, -0.1) is 0 Å². The lowest BCUT2D eigenvalue weighted by Crippen LogP contribution is -2.54. The zero-order chi connectivity index (χ0) is 19.0. The maximum atomic E-state index is 13.1. The molecule has 0 spiro atoms. The van der Waals surface area contributed by atoms with Crippen LogP contribution in [0.1, 0.15) is 18.6 Å². The van der Waals surface area contributed by atoms with Gasteiger partial charge in [-0.25, -0.2) is 14.1 Å².